The van der Waals surface area contributed by atoms with Crippen LogP contribution in [0.1, 0.15) is 78.7 Å². The minimum atomic E-state index is -0.459. The van der Waals surface area contributed by atoms with Crippen molar-refractivity contribution in [2.45, 2.75) is 85.4 Å². The molecule has 180 valence electrons. The molecule has 1 saturated heterocycles. The second-order valence-corrected chi connectivity index (χ2v) is 10.4. The zero-order chi connectivity index (χ0) is 23.6. The van der Waals surface area contributed by atoms with E-state index in [0.717, 1.165) is 57.2 Å². The molecule has 1 fully saturated rings. The van der Waals surface area contributed by atoms with E-state index in [-0.39, 0.29) is 24.2 Å². The van der Waals surface area contributed by atoms with Gasteiger partial charge in [-0.1, -0.05) is 57.0 Å². The zero-order valence-electron chi connectivity index (χ0n) is 20.6. The van der Waals surface area contributed by atoms with Gasteiger partial charge in [0.15, 0.2) is 0 Å². The van der Waals surface area contributed by atoms with Crippen molar-refractivity contribution in [3.8, 4) is 0 Å². The standard InChI is InChI=1S/C26H42N2O4/c1-6-10-21(13-16-27-23(29)31-20-22-11-8-7-9-12-22)19-26(5)14-17-28(18-15-26)24(30)32-25(2,3)4/h7-9,11-12,21H,6,10,13-20H2,1-5H3,(H,27,29). The van der Waals surface area contributed by atoms with Crippen LogP contribution in [-0.4, -0.2) is 42.3 Å². The van der Waals surface area contributed by atoms with Gasteiger partial charge in [-0.25, -0.2) is 9.59 Å². The third-order valence-electron chi connectivity index (χ3n) is 6.14. The number of ether oxygens (including phenoxy) is 2. The van der Waals surface area contributed by atoms with E-state index in [0.29, 0.717) is 12.5 Å². The van der Waals surface area contributed by atoms with Crippen molar-refractivity contribution >= 4 is 12.2 Å². The van der Waals surface area contributed by atoms with E-state index in [2.05, 4.69) is 19.2 Å². The van der Waals surface area contributed by atoms with E-state index < -0.39 is 5.60 Å². The molecular weight excluding hydrogens is 404 g/mol. The minimum absolute atomic E-state index is 0.206. The van der Waals surface area contributed by atoms with Gasteiger partial charge in [0.25, 0.3) is 0 Å². The van der Waals surface area contributed by atoms with Crippen LogP contribution in [0.4, 0.5) is 9.59 Å². The molecule has 1 N–H and O–H groups in total. The molecule has 6 heteroatoms. The summed E-state index contributed by atoms with van der Waals surface area (Å²) < 4.78 is 10.8. The molecule has 1 heterocycles. The van der Waals surface area contributed by atoms with Crippen molar-refractivity contribution in [2.24, 2.45) is 11.3 Å². The number of nitrogens with zero attached hydrogens (tertiary/aromatic N) is 1. The molecular formula is C26H42N2O4. The molecule has 0 radical (unpaired) electrons. The van der Waals surface area contributed by atoms with Gasteiger partial charge in [-0.05, 0) is 63.4 Å². The Morgan fingerprint density at radius 3 is 2.38 bits per heavy atom. The monoisotopic (exact) mass is 446 g/mol. The van der Waals surface area contributed by atoms with Crippen molar-refractivity contribution in [1.29, 1.82) is 0 Å². The van der Waals surface area contributed by atoms with Crippen LogP contribution in [-0.2, 0) is 16.1 Å². The molecule has 1 aliphatic heterocycles. The van der Waals surface area contributed by atoms with Crippen LogP contribution in [0.25, 0.3) is 0 Å². The summed E-state index contributed by atoms with van der Waals surface area (Å²) in [6, 6.07) is 9.70. The van der Waals surface area contributed by atoms with Crippen LogP contribution >= 0.6 is 0 Å². The summed E-state index contributed by atoms with van der Waals surface area (Å²) in [6.07, 6.45) is 5.74. The maximum atomic E-state index is 12.4. The predicted octanol–water partition coefficient (Wildman–Crippen LogP) is 6.15. The first kappa shape index (κ1) is 26.0. The molecule has 6 nitrogen and oxygen atoms in total. The Balaban J connectivity index is 1.74. The van der Waals surface area contributed by atoms with E-state index in [1.807, 2.05) is 56.0 Å². The van der Waals surface area contributed by atoms with E-state index in [4.69, 9.17) is 9.47 Å². The first-order chi connectivity index (χ1) is 15.1. The second kappa shape index (κ2) is 12.1. The van der Waals surface area contributed by atoms with Gasteiger partial charge >= 0.3 is 12.2 Å². The summed E-state index contributed by atoms with van der Waals surface area (Å²) >= 11 is 0. The van der Waals surface area contributed by atoms with Gasteiger partial charge in [-0.15, -0.1) is 0 Å². The summed E-state index contributed by atoms with van der Waals surface area (Å²) in [5.41, 5.74) is 0.739. The number of hydrogen-bond donors (Lipinski definition) is 1. The van der Waals surface area contributed by atoms with Crippen LogP contribution in [0.3, 0.4) is 0 Å². The largest absolute Gasteiger partial charge is 0.445 e. The van der Waals surface area contributed by atoms with Crippen molar-refractivity contribution in [1.82, 2.24) is 10.2 Å². The molecule has 0 spiro atoms. The summed E-state index contributed by atoms with van der Waals surface area (Å²) in [7, 11) is 0. The summed E-state index contributed by atoms with van der Waals surface area (Å²) in [5.74, 6) is 0.549. The van der Waals surface area contributed by atoms with Crippen molar-refractivity contribution < 1.29 is 19.1 Å². The third kappa shape index (κ3) is 9.49. The van der Waals surface area contributed by atoms with E-state index in [9.17, 15) is 9.59 Å². The minimum Gasteiger partial charge on any atom is -0.445 e. The molecule has 0 bridgehead atoms. The topological polar surface area (TPSA) is 67.9 Å². The number of carbonyl (C=O) groups excluding carboxylic acids is 2. The van der Waals surface area contributed by atoms with E-state index in [1.165, 1.54) is 0 Å². The molecule has 1 aromatic carbocycles. The fourth-order valence-electron chi connectivity index (χ4n) is 4.37. The fraction of sp³-hybridized carbons (Fsp3) is 0.692. The molecule has 0 saturated carbocycles. The lowest BCUT2D eigenvalue weighted by Crippen LogP contribution is -2.45. The first-order valence-corrected chi connectivity index (χ1v) is 12.0. The van der Waals surface area contributed by atoms with Gasteiger partial charge in [0.2, 0.25) is 0 Å². The smallest absolute Gasteiger partial charge is 0.410 e. The number of hydrogen-bond acceptors (Lipinski definition) is 4. The van der Waals surface area contributed by atoms with Crippen LogP contribution in [0.2, 0.25) is 0 Å². The number of nitrogens with one attached hydrogen (secondary N) is 1. The molecule has 0 aliphatic carbocycles. The Hall–Kier alpha value is -2.24. The average Bonchev–Trinajstić information content (AvgIpc) is 2.72. The maximum absolute atomic E-state index is 12.4. The number of piperidine rings is 1. The van der Waals surface area contributed by atoms with Gasteiger partial charge < -0.3 is 19.7 Å². The lowest BCUT2D eigenvalue weighted by Gasteiger charge is -2.41. The highest BCUT2D eigenvalue weighted by Gasteiger charge is 2.35. The Morgan fingerprint density at radius 2 is 1.78 bits per heavy atom. The average molecular weight is 447 g/mol. The number of likely N-dealkylation sites (tertiary alicyclic amines) is 1. The lowest BCUT2D eigenvalue weighted by molar-refractivity contribution is 0.00896. The normalized spacial score (nSPS) is 16.8. The fourth-order valence-corrected chi connectivity index (χ4v) is 4.37. The molecule has 1 unspecified atom stereocenters. The van der Waals surface area contributed by atoms with Crippen molar-refractivity contribution in [3.63, 3.8) is 0 Å². The van der Waals surface area contributed by atoms with Crippen molar-refractivity contribution in [3.05, 3.63) is 35.9 Å². The highest BCUT2D eigenvalue weighted by atomic mass is 16.6. The Kier molecular flexibility index (Phi) is 9.85. The molecule has 32 heavy (non-hydrogen) atoms. The van der Waals surface area contributed by atoms with Gasteiger partial charge in [-0.2, -0.15) is 0 Å². The van der Waals surface area contributed by atoms with Gasteiger partial charge in [0.05, 0.1) is 0 Å². The second-order valence-electron chi connectivity index (χ2n) is 10.4. The van der Waals surface area contributed by atoms with Crippen LogP contribution in [0, 0.1) is 11.3 Å². The third-order valence-corrected chi connectivity index (χ3v) is 6.14. The Bertz CT molecular complexity index is 706. The highest BCUT2D eigenvalue weighted by Crippen LogP contribution is 2.39. The van der Waals surface area contributed by atoms with E-state index >= 15 is 0 Å². The number of benzene rings is 1. The van der Waals surface area contributed by atoms with Gasteiger partial charge in [0, 0.05) is 19.6 Å². The Labute approximate surface area is 194 Å². The summed E-state index contributed by atoms with van der Waals surface area (Å²) in [4.78, 5) is 26.2. The molecule has 1 atom stereocenters. The summed E-state index contributed by atoms with van der Waals surface area (Å²) in [6.45, 7) is 12.7. The zero-order valence-corrected chi connectivity index (χ0v) is 20.6. The van der Waals surface area contributed by atoms with Crippen LogP contribution < -0.4 is 5.32 Å². The summed E-state index contributed by atoms with van der Waals surface area (Å²) in [5, 5.41) is 2.90. The van der Waals surface area contributed by atoms with Gasteiger partial charge in [0.1, 0.15) is 12.2 Å². The number of amides is 2. The van der Waals surface area contributed by atoms with Crippen molar-refractivity contribution in [2.75, 3.05) is 19.6 Å². The first-order valence-electron chi connectivity index (χ1n) is 12.0. The molecule has 1 aliphatic rings. The SMILES string of the molecule is CCCC(CCNC(=O)OCc1ccccc1)CC1(C)CCN(C(=O)OC(C)(C)C)CC1. The Morgan fingerprint density at radius 1 is 1.12 bits per heavy atom. The highest BCUT2D eigenvalue weighted by molar-refractivity contribution is 5.68. The maximum Gasteiger partial charge on any atom is 0.410 e. The number of alkyl carbamates (subject to hydrolysis) is 1. The molecule has 2 amide bonds. The van der Waals surface area contributed by atoms with Gasteiger partial charge in [-0.3, -0.25) is 0 Å². The molecule has 0 aromatic heterocycles. The van der Waals surface area contributed by atoms with Crippen LogP contribution in [0.5, 0.6) is 0 Å². The number of rotatable bonds is 9. The quantitative estimate of drug-likeness (QED) is 0.494. The predicted molar refractivity (Wildman–Crippen MR) is 127 cm³/mol. The lowest BCUT2D eigenvalue weighted by atomic mass is 9.72. The van der Waals surface area contributed by atoms with E-state index in [1.54, 1.807) is 0 Å². The molecule has 1 aromatic rings. The number of carbonyl (C=O) groups is 2. The molecule has 2 rings (SSSR count). The van der Waals surface area contributed by atoms with Crippen LogP contribution in [0.15, 0.2) is 30.3 Å².